The third kappa shape index (κ3) is 3.24. The van der Waals surface area contributed by atoms with Gasteiger partial charge in [0.05, 0.1) is 18.0 Å². The average molecular weight is 294 g/mol. The number of rotatable bonds is 3. The van der Waals surface area contributed by atoms with Crippen LogP contribution in [0, 0.1) is 5.92 Å². The van der Waals surface area contributed by atoms with E-state index in [1.807, 2.05) is 0 Å². The molecule has 0 bridgehead atoms. The van der Waals surface area contributed by atoms with E-state index in [0.29, 0.717) is 12.1 Å². The molecule has 2 heterocycles. The van der Waals surface area contributed by atoms with E-state index in [-0.39, 0.29) is 29.6 Å². The zero-order chi connectivity index (χ0) is 15.6. The Morgan fingerprint density at radius 3 is 2.76 bits per heavy atom. The fourth-order valence-electron chi connectivity index (χ4n) is 2.70. The lowest BCUT2D eigenvalue weighted by atomic mass is 9.98. The lowest BCUT2D eigenvalue weighted by molar-refractivity contribution is -0.135. The highest BCUT2D eigenvalue weighted by Crippen LogP contribution is 2.13. The average Bonchev–Trinajstić information content (AvgIpc) is 2.50. The van der Waals surface area contributed by atoms with Crippen LogP contribution in [-0.2, 0) is 25.4 Å². The summed E-state index contributed by atoms with van der Waals surface area (Å²) in [5, 5.41) is 3.21. The topological polar surface area (TPSA) is 76.3 Å². The Hall–Kier alpha value is -1.89. The monoisotopic (exact) mass is 294 g/mol. The molecule has 1 saturated heterocycles. The van der Waals surface area contributed by atoms with E-state index < -0.39 is 0 Å². The van der Waals surface area contributed by atoms with Gasteiger partial charge in [-0.1, -0.05) is 0 Å². The molecule has 1 atom stereocenters. The van der Waals surface area contributed by atoms with Crippen molar-refractivity contribution < 1.29 is 4.79 Å². The van der Waals surface area contributed by atoms with E-state index in [1.54, 1.807) is 19.0 Å². The Kier molecular flexibility index (Phi) is 4.62. The van der Waals surface area contributed by atoms with E-state index >= 15 is 0 Å². The molecule has 116 valence electrons. The Balaban J connectivity index is 2.16. The standard InChI is InChI=1S/C14H22N4O3/c1-16(12(19)10-5-4-6-15-7-10)8-11-9-17(2)14(21)18(3)13(11)20/h9-10,15H,4-8H2,1-3H3/t10-/m1/s1. The van der Waals surface area contributed by atoms with Crippen molar-refractivity contribution in [1.82, 2.24) is 19.4 Å². The normalized spacial score (nSPS) is 18.5. The quantitative estimate of drug-likeness (QED) is 0.779. The minimum Gasteiger partial charge on any atom is -0.341 e. The molecule has 7 heteroatoms. The van der Waals surface area contributed by atoms with Gasteiger partial charge in [0.25, 0.3) is 5.56 Å². The van der Waals surface area contributed by atoms with E-state index in [4.69, 9.17) is 0 Å². The van der Waals surface area contributed by atoms with Gasteiger partial charge in [-0.3, -0.25) is 14.2 Å². The van der Waals surface area contributed by atoms with Crippen molar-refractivity contribution in [2.45, 2.75) is 19.4 Å². The molecular weight excluding hydrogens is 272 g/mol. The largest absolute Gasteiger partial charge is 0.341 e. The molecule has 0 spiro atoms. The highest BCUT2D eigenvalue weighted by molar-refractivity contribution is 5.78. The van der Waals surface area contributed by atoms with Gasteiger partial charge in [-0.15, -0.1) is 0 Å². The molecule has 2 rings (SSSR count). The SMILES string of the molecule is CN(Cc1cn(C)c(=O)n(C)c1=O)C(=O)[C@@H]1CCCNC1. The molecule has 1 amide bonds. The van der Waals surface area contributed by atoms with Crippen LogP contribution in [0.5, 0.6) is 0 Å². The molecule has 0 aromatic carbocycles. The Morgan fingerprint density at radius 2 is 2.14 bits per heavy atom. The van der Waals surface area contributed by atoms with Crippen LogP contribution in [0.1, 0.15) is 18.4 Å². The van der Waals surface area contributed by atoms with Crippen molar-refractivity contribution in [3.63, 3.8) is 0 Å². The maximum atomic E-state index is 12.4. The fourth-order valence-corrected chi connectivity index (χ4v) is 2.70. The van der Waals surface area contributed by atoms with Gasteiger partial charge in [0, 0.05) is 33.9 Å². The van der Waals surface area contributed by atoms with Crippen LogP contribution in [0.25, 0.3) is 0 Å². The van der Waals surface area contributed by atoms with E-state index in [0.717, 1.165) is 24.0 Å². The van der Waals surface area contributed by atoms with Crippen LogP contribution in [0.4, 0.5) is 0 Å². The van der Waals surface area contributed by atoms with Gasteiger partial charge in [-0.25, -0.2) is 4.79 Å². The van der Waals surface area contributed by atoms with Crippen LogP contribution in [0.2, 0.25) is 0 Å². The van der Waals surface area contributed by atoms with Crippen LogP contribution in [0.3, 0.4) is 0 Å². The van der Waals surface area contributed by atoms with Crippen molar-refractivity contribution in [1.29, 1.82) is 0 Å². The van der Waals surface area contributed by atoms with Crippen molar-refractivity contribution in [3.05, 3.63) is 32.6 Å². The summed E-state index contributed by atoms with van der Waals surface area (Å²) >= 11 is 0. The second kappa shape index (κ2) is 6.26. The van der Waals surface area contributed by atoms with Crippen molar-refractivity contribution >= 4 is 5.91 Å². The first-order valence-corrected chi connectivity index (χ1v) is 7.13. The number of aromatic nitrogens is 2. The summed E-state index contributed by atoms with van der Waals surface area (Å²) in [6, 6.07) is 0. The number of nitrogens with one attached hydrogen (secondary N) is 1. The fraction of sp³-hybridized carbons (Fsp3) is 0.643. The first kappa shape index (κ1) is 15.5. The zero-order valence-electron chi connectivity index (χ0n) is 12.8. The molecule has 1 aromatic rings. The number of hydrogen-bond acceptors (Lipinski definition) is 4. The molecule has 1 fully saturated rings. The smallest absolute Gasteiger partial charge is 0.330 e. The summed E-state index contributed by atoms with van der Waals surface area (Å²) in [5.41, 5.74) is -0.270. The van der Waals surface area contributed by atoms with Gasteiger partial charge in [-0.05, 0) is 19.4 Å². The van der Waals surface area contributed by atoms with E-state index in [2.05, 4.69) is 5.32 Å². The minimum absolute atomic E-state index is 0.0277. The van der Waals surface area contributed by atoms with Gasteiger partial charge in [0.15, 0.2) is 0 Å². The number of carbonyl (C=O) groups is 1. The highest BCUT2D eigenvalue weighted by atomic mass is 16.2. The van der Waals surface area contributed by atoms with Crippen molar-refractivity contribution in [3.8, 4) is 0 Å². The molecule has 21 heavy (non-hydrogen) atoms. The summed E-state index contributed by atoms with van der Waals surface area (Å²) in [4.78, 5) is 37.6. The molecule has 0 unspecified atom stereocenters. The van der Waals surface area contributed by atoms with Gasteiger partial charge < -0.3 is 14.8 Å². The Bertz CT molecular complexity index is 641. The predicted molar refractivity (Wildman–Crippen MR) is 79.0 cm³/mol. The van der Waals surface area contributed by atoms with Crippen LogP contribution < -0.4 is 16.6 Å². The van der Waals surface area contributed by atoms with Crippen LogP contribution in [0.15, 0.2) is 15.8 Å². The number of nitrogens with zero attached hydrogens (tertiary/aromatic N) is 3. The molecule has 1 aliphatic rings. The van der Waals surface area contributed by atoms with Gasteiger partial charge in [0.1, 0.15) is 0 Å². The first-order chi connectivity index (χ1) is 9.91. The number of carbonyl (C=O) groups excluding carboxylic acids is 1. The van der Waals surface area contributed by atoms with Crippen LogP contribution >= 0.6 is 0 Å². The molecule has 7 nitrogen and oxygen atoms in total. The molecule has 1 aromatic heterocycles. The summed E-state index contributed by atoms with van der Waals surface area (Å²) in [6.45, 7) is 1.86. The molecule has 0 radical (unpaired) electrons. The summed E-state index contributed by atoms with van der Waals surface area (Å²) in [6.07, 6.45) is 3.38. The second-order valence-electron chi connectivity index (χ2n) is 5.65. The molecule has 0 aliphatic carbocycles. The predicted octanol–water partition coefficient (Wildman–Crippen LogP) is -0.958. The van der Waals surface area contributed by atoms with Gasteiger partial charge in [0.2, 0.25) is 5.91 Å². The zero-order valence-corrected chi connectivity index (χ0v) is 12.8. The van der Waals surface area contributed by atoms with Crippen LogP contribution in [-0.4, -0.2) is 40.1 Å². The third-order valence-corrected chi connectivity index (χ3v) is 3.95. The first-order valence-electron chi connectivity index (χ1n) is 7.13. The van der Waals surface area contributed by atoms with Crippen molar-refractivity contribution in [2.75, 3.05) is 20.1 Å². The summed E-state index contributed by atoms with van der Waals surface area (Å²) in [7, 11) is 4.74. The minimum atomic E-state index is -0.366. The number of aryl methyl sites for hydroxylation is 1. The van der Waals surface area contributed by atoms with Gasteiger partial charge >= 0.3 is 5.69 Å². The molecule has 0 saturated carbocycles. The Morgan fingerprint density at radius 1 is 1.43 bits per heavy atom. The summed E-state index contributed by atoms with van der Waals surface area (Å²) < 4.78 is 2.42. The number of hydrogen-bond donors (Lipinski definition) is 1. The second-order valence-corrected chi connectivity index (χ2v) is 5.65. The molecular formula is C14H22N4O3. The summed E-state index contributed by atoms with van der Waals surface area (Å²) in [5.74, 6) is 0.0123. The Labute approximate surface area is 123 Å². The number of piperidine rings is 1. The number of amides is 1. The lowest BCUT2D eigenvalue weighted by Gasteiger charge is -2.27. The maximum absolute atomic E-state index is 12.4. The van der Waals surface area contributed by atoms with E-state index in [1.165, 1.54) is 17.8 Å². The lowest BCUT2D eigenvalue weighted by Crippen LogP contribution is -2.43. The molecule has 1 N–H and O–H groups in total. The van der Waals surface area contributed by atoms with E-state index in [9.17, 15) is 14.4 Å². The molecule has 1 aliphatic heterocycles. The highest BCUT2D eigenvalue weighted by Gasteiger charge is 2.24. The van der Waals surface area contributed by atoms with Crippen molar-refractivity contribution in [2.24, 2.45) is 20.0 Å². The maximum Gasteiger partial charge on any atom is 0.330 e. The van der Waals surface area contributed by atoms with Gasteiger partial charge in [-0.2, -0.15) is 0 Å². The third-order valence-electron chi connectivity index (χ3n) is 3.95.